The molecule has 0 bridgehead atoms. The van der Waals surface area contributed by atoms with Gasteiger partial charge in [-0.25, -0.2) is 0 Å². The summed E-state index contributed by atoms with van der Waals surface area (Å²) in [6.07, 6.45) is 0.969. The number of benzene rings is 2. The normalized spacial score (nSPS) is 17.1. The zero-order valence-electron chi connectivity index (χ0n) is 12.6. The number of fused-ring (bicyclic) bond motifs is 1. The molecule has 1 aliphatic rings. The summed E-state index contributed by atoms with van der Waals surface area (Å²) in [4.78, 5) is 0. The van der Waals surface area contributed by atoms with Gasteiger partial charge in [-0.1, -0.05) is 30.3 Å². The summed E-state index contributed by atoms with van der Waals surface area (Å²) in [5, 5.41) is 3.51. The molecule has 3 nitrogen and oxygen atoms in total. The molecule has 110 valence electrons. The molecule has 0 saturated carbocycles. The van der Waals surface area contributed by atoms with E-state index in [1.54, 1.807) is 14.2 Å². The third-order valence-corrected chi connectivity index (χ3v) is 4.16. The van der Waals surface area contributed by atoms with Crippen molar-refractivity contribution in [3.05, 3.63) is 59.2 Å². The Hall–Kier alpha value is -2.00. The van der Waals surface area contributed by atoms with Crippen molar-refractivity contribution < 1.29 is 9.47 Å². The molecule has 2 aromatic rings. The number of hydrogen-bond acceptors (Lipinski definition) is 3. The number of nitrogens with one attached hydrogen (secondary N) is 1. The minimum Gasteiger partial charge on any atom is -0.497 e. The Morgan fingerprint density at radius 1 is 1.10 bits per heavy atom. The largest absolute Gasteiger partial charge is 0.497 e. The second-order valence-electron chi connectivity index (χ2n) is 5.41. The van der Waals surface area contributed by atoms with Gasteiger partial charge < -0.3 is 14.8 Å². The second kappa shape index (κ2) is 6.19. The predicted molar refractivity (Wildman–Crippen MR) is 84.1 cm³/mol. The minimum absolute atomic E-state index is 0.484. The van der Waals surface area contributed by atoms with Gasteiger partial charge in [-0.3, -0.25) is 0 Å². The van der Waals surface area contributed by atoms with E-state index in [2.05, 4.69) is 35.6 Å². The Labute approximate surface area is 125 Å². The Kier molecular flexibility index (Phi) is 4.11. The Bertz CT molecular complexity index is 624. The summed E-state index contributed by atoms with van der Waals surface area (Å²) >= 11 is 0. The molecule has 1 N–H and O–H groups in total. The zero-order chi connectivity index (χ0) is 14.7. The maximum atomic E-state index is 5.52. The SMILES string of the molecule is COc1ccc(CC2CNCc3ccccc32)c(OC)c1. The summed E-state index contributed by atoms with van der Waals surface area (Å²) in [6.45, 7) is 1.97. The van der Waals surface area contributed by atoms with Crippen LogP contribution in [0.25, 0.3) is 0 Å². The fourth-order valence-electron chi connectivity index (χ4n) is 3.05. The Morgan fingerprint density at radius 2 is 1.95 bits per heavy atom. The molecule has 3 heteroatoms. The lowest BCUT2D eigenvalue weighted by Crippen LogP contribution is -2.29. The van der Waals surface area contributed by atoms with Crippen LogP contribution < -0.4 is 14.8 Å². The van der Waals surface area contributed by atoms with Crippen LogP contribution in [0.3, 0.4) is 0 Å². The van der Waals surface area contributed by atoms with Gasteiger partial charge in [-0.15, -0.1) is 0 Å². The van der Waals surface area contributed by atoms with Crippen molar-refractivity contribution in [3.63, 3.8) is 0 Å². The van der Waals surface area contributed by atoms with E-state index in [1.807, 2.05) is 12.1 Å². The zero-order valence-corrected chi connectivity index (χ0v) is 12.6. The van der Waals surface area contributed by atoms with Gasteiger partial charge in [0.1, 0.15) is 11.5 Å². The highest BCUT2D eigenvalue weighted by Crippen LogP contribution is 2.32. The molecular weight excluding hydrogens is 262 g/mol. The summed E-state index contributed by atoms with van der Waals surface area (Å²) in [6, 6.07) is 14.8. The van der Waals surface area contributed by atoms with Gasteiger partial charge >= 0.3 is 0 Å². The van der Waals surface area contributed by atoms with Crippen LogP contribution in [0.5, 0.6) is 11.5 Å². The van der Waals surface area contributed by atoms with E-state index in [4.69, 9.17) is 9.47 Å². The standard InChI is InChI=1S/C18H21NO2/c1-20-16-8-7-13(18(10-16)21-2)9-15-12-19-11-14-5-3-4-6-17(14)15/h3-8,10,15,19H,9,11-12H2,1-2H3. The summed E-state index contributed by atoms with van der Waals surface area (Å²) < 4.78 is 10.8. The lowest BCUT2D eigenvalue weighted by molar-refractivity contribution is 0.389. The van der Waals surface area contributed by atoms with E-state index in [-0.39, 0.29) is 0 Å². The van der Waals surface area contributed by atoms with Gasteiger partial charge in [-0.05, 0) is 29.2 Å². The fraction of sp³-hybridized carbons (Fsp3) is 0.333. The molecule has 0 aromatic heterocycles. The van der Waals surface area contributed by atoms with Crippen LogP contribution in [0.15, 0.2) is 42.5 Å². The van der Waals surface area contributed by atoms with E-state index < -0.39 is 0 Å². The predicted octanol–water partition coefficient (Wildman–Crippen LogP) is 3.13. The van der Waals surface area contributed by atoms with E-state index in [1.165, 1.54) is 16.7 Å². The number of hydrogen-bond donors (Lipinski definition) is 1. The monoisotopic (exact) mass is 283 g/mol. The first-order valence-electron chi connectivity index (χ1n) is 7.31. The molecule has 3 rings (SSSR count). The fourth-order valence-corrected chi connectivity index (χ4v) is 3.05. The maximum absolute atomic E-state index is 5.52. The molecule has 0 amide bonds. The third kappa shape index (κ3) is 2.88. The van der Waals surface area contributed by atoms with Crippen molar-refractivity contribution in [2.75, 3.05) is 20.8 Å². The van der Waals surface area contributed by atoms with Crippen molar-refractivity contribution in [3.8, 4) is 11.5 Å². The first kappa shape index (κ1) is 14.0. The van der Waals surface area contributed by atoms with Crippen LogP contribution in [-0.2, 0) is 13.0 Å². The van der Waals surface area contributed by atoms with E-state index in [0.717, 1.165) is 31.0 Å². The summed E-state index contributed by atoms with van der Waals surface area (Å²) in [5.74, 6) is 2.22. The minimum atomic E-state index is 0.484. The van der Waals surface area contributed by atoms with Crippen molar-refractivity contribution in [2.24, 2.45) is 0 Å². The molecule has 1 atom stereocenters. The van der Waals surface area contributed by atoms with Gasteiger partial charge in [0.05, 0.1) is 14.2 Å². The van der Waals surface area contributed by atoms with Gasteiger partial charge in [0, 0.05) is 25.1 Å². The van der Waals surface area contributed by atoms with Crippen molar-refractivity contribution >= 4 is 0 Å². The third-order valence-electron chi connectivity index (χ3n) is 4.16. The van der Waals surface area contributed by atoms with Crippen LogP contribution in [0.2, 0.25) is 0 Å². The lowest BCUT2D eigenvalue weighted by Gasteiger charge is -2.27. The molecule has 0 spiro atoms. The van der Waals surface area contributed by atoms with Crippen LogP contribution in [0, 0.1) is 0 Å². The molecule has 1 unspecified atom stereocenters. The molecular formula is C18H21NO2. The van der Waals surface area contributed by atoms with Crippen LogP contribution >= 0.6 is 0 Å². The molecule has 0 radical (unpaired) electrons. The molecule has 0 fully saturated rings. The average molecular weight is 283 g/mol. The quantitative estimate of drug-likeness (QED) is 0.935. The first-order valence-corrected chi connectivity index (χ1v) is 7.31. The number of ether oxygens (including phenoxy) is 2. The molecule has 21 heavy (non-hydrogen) atoms. The van der Waals surface area contributed by atoms with E-state index >= 15 is 0 Å². The highest BCUT2D eigenvalue weighted by Gasteiger charge is 2.21. The highest BCUT2D eigenvalue weighted by atomic mass is 16.5. The second-order valence-corrected chi connectivity index (χ2v) is 5.41. The van der Waals surface area contributed by atoms with Gasteiger partial charge in [-0.2, -0.15) is 0 Å². The van der Waals surface area contributed by atoms with E-state index in [9.17, 15) is 0 Å². The van der Waals surface area contributed by atoms with E-state index in [0.29, 0.717) is 5.92 Å². The van der Waals surface area contributed by atoms with Crippen molar-refractivity contribution in [1.29, 1.82) is 0 Å². The van der Waals surface area contributed by atoms with Gasteiger partial charge in [0.2, 0.25) is 0 Å². The van der Waals surface area contributed by atoms with Crippen LogP contribution in [0.4, 0.5) is 0 Å². The number of rotatable bonds is 4. The molecule has 1 aliphatic heterocycles. The smallest absolute Gasteiger partial charge is 0.125 e. The summed E-state index contributed by atoms with van der Waals surface area (Å²) in [7, 11) is 3.39. The summed E-state index contributed by atoms with van der Waals surface area (Å²) in [5.41, 5.74) is 4.08. The molecule has 2 aromatic carbocycles. The highest BCUT2D eigenvalue weighted by molar-refractivity contribution is 5.43. The topological polar surface area (TPSA) is 30.5 Å². The average Bonchev–Trinajstić information content (AvgIpc) is 2.55. The first-order chi connectivity index (χ1) is 10.3. The Balaban J connectivity index is 1.88. The lowest BCUT2D eigenvalue weighted by atomic mass is 9.86. The molecule has 0 saturated heterocycles. The van der Waals surface area contributed by atoms with Crippen molar-refractivity contribution in [1.82, 2.24) is 5.32 Å². The van der Waals surface area contributed by atoms with Gasteiger partial charge in [0.15, 0.2) is 0 Å². The molecule has 1 heterocycles. The Morgan fingerprint density at radius 3 is 2.76 bits per heavy atom. The number of methoxy groups -OCH3 is 2. The van der Waals surface area contributed by atoms with Gasteiger partial charge in [0.25, 0.3) is 0 Å². The molecule has 0 aliphatic carbocycles. The van der Waals surface area contributed by atoms with Crippen LogP contribution in [-0.4, -0.2) is 20.8 Å². The van der Waals surface area contributed by atoms with Crippen molar-refractivity contribution in [2.45, 2.75) is 18.9 Å². The van der Waals surface area contributed by atoms with Crippen LogP contribution in [0.1, 0.15) is 22.6 Å². The maximum Gasteiger partial charge on any atom is 0.125 e.